The lowest BCUT2D eigenvalue weighted by Crippen LogP contribution is -2.59. The van der Waals surface area contributed by atoms with Crippen molar-refractivity contribution in [3.05, 3.63) is 18.0 Å². The van der Waals surface area contributed by atoms with Crippen molar-refractivity contribution in [1.29, 1.82) is 0 Å². The van der Waals surface area contributed by atoms with Crippen LogP contribution in [0.3, 0.4) is 0 Å². The van der Waals surface area contributed by atoms with Crippen LogP contribution in [0.2, 0.25) is 0 Å². The van der Waals surface area contributed by atoms with Crippen molar-refractivity contribution < 1.29 is 14.7 Å². The molecule has 21 heavy (non-hydrogen) atoms. The van der Waals surface area contributed by atoms with Gasteiger partial charge in [0.25, 0.3) is 0 Å². The van der Waals surface area contributed by atoms with E-state index in [-0.39, 0.29) is 6.54 Å². The standard InChI is InChI=1S/C14H22N4O3/c1-10-4-3-6-14(8-10,12(19)20)16-13(21)15-9-11-5-7-18(2)17-11/h5,7,10H,3-4,6,8-9H2,1-2H3,(H,19,20)(H2,15,16,21). The molecule has 1 aromatic heterocycles. The summed E-state index contributed by atoms with van der Waals surface area (Å²) in [4.78, 5) is 23.6. The van der Waals surface area contributed by atoms with Crippen molar-refractivity contribution in [3.8, 4) is 0 Å². The van der Waals surface area contributed by atoms with Crippen molar-refractivity contribution >= 4 is 12.0 Å². The number of nitrogens with one attached hydrogen (secondary N) is 2. The fraction of sp³-hybridized carbons (Fsp3) is 0.643. The van der Waals surface area contributed by atoms with Gasteiger partial charge in [-0.25, -0.2) is 9.59 Å². The number of aromatic nitrogens is 2. The smallest absolute Gasteiger partial charge is 0.329 e. The summed E-state index contributed by atoms with van der Waals surface area (Å²) >= 11 is 0. The summed E-state index contributed by atoms with van der Waals surface area (Å²) in [6.07, 6.45) is 4.56. The number of urea groups is 1. The topological polar surface area (TPSA) is 96.3 Å². The van der Waals surface area contributed by atoms with Gasteiger partial charge in [-0.1, -0.05) is 19.8 Å². The molecule has 0 aromatic carbocycles. The van der Waals surface area contributed by atoms with Crippen LogP contribution < -0.4 is 10.6 Å². The SMILES string of the molecule is CC1CCCC(NC(=O)NCc2ccn(C)n2)(C(=O)O)C1. The first-order valence-corrected chi connectivity index (χ1v) is 7.19. The fourth-order valence-electron chi connectivity index (χ4n) is 2.90. The average molecular weight is 294 g/mol. The Hall–Kier alpha value is -2.05. The molecule has 0 bridgehead atoms. The Balaban J connectivity index is 1.94. The number of aryl methyl sites for hydroxylation is 1. The van der Waals surface area contributed by atoms with Crippen LogP contribution in [0.25, 0.3) is 0 Å². The highest BCUT2D eigenvalue weighted by Crippen LogP contribution is 2.32. The zero-order valence-corrected chi connectivity index (χ0v) is 12.4. The van der Waals surface area contributed by atoms with Gasteiger partial charge in [0.15, 0.2) is 0 Å². The maximum absolute atomic E-state index is 12.0. The van der Waals surface area contributed by atoms with E-state index in [9.17, 15) is 14.7 Å². The molecule has 0 radical (unpaired) electrons. The first-order valence-electron chi connectivity index (χ1n) is 7.19. The molecule has 1 aromatic rings. The van der Waals surface area contributed by atoms with Gasteiger partial charge < -0.3 is 15.7 Å². The molecule has 1 saturated carbocycles. The molecule has 7 heteroatoms. The summed E-state index contributed by atoms with van der Waals surface area (Å²) in [6, 6.07) is 1.34. The van der Waals surface area contributed by atoms with Gasteiger partial charge in [0, 0.05) is 13.2 Å². The van der Waals surface area contributed by atoms with E-state index >= 15 is 0 Å². The number of carbonyl (C=O) groups is 2. The summed E-state index contributed by atoms with van der Waals surface area (Å²) in [6.45, 7) is 2.29. The molecule has 3 N–H and O–H groups in total. The van der Waals surface area contributed by atoms with E-state index in [0.29, 0.717) is 18.8 Å². The highest BCUT2D eigenvalue weighted by molar-refractivity contribution is 5.86. The number of aliphatic carboxylic acids is 1. The minimum Gasteiger partial charge on any atom is -0.480 e. The van der Waals surface area contributed by atoms with Gasteiger partial charge in [0.05, 0.1) is 12.2 Å². The van der Waals surface area contributed by atoms with Crippen LogP contribution in [0, 0.1) is 5.92 Å². The number of amides is 2. The van der Waals surface area contributed by atoms with Gasteiger partial charge >= 0.3 is 12.0 Å². The van der Waals surface area contributed by atoms with Gasteiger partial charge in [-0.2, -0.15) is 5.10 Å². The Morgan fingerprint density at radius 3 is 2.90 bits per heavy atom. The fourth-order valence-corrected chi connectivity index (χ4v) is 2.90. The maximum Gasteiger partial charge on any atom is 0.329 e. The quantitative estimate of drug-likeness (QED) is 0.778. The van der Waals surface area contributed by atoms with Gasteiger partial charge in [-0.15, -0.1) is 0 Å². The number of hydrogen-bond donors (Lipinski definition) is 3. The highest BCUT2D eigenvalue weighted by Gasteiger charge is 2.43. The molecule has 1 heterocycles. The van der Waals surface area contributed by atoms with Gasteiger partial charge in [-0.05, 0) is 24.8 Å². The van der Waals surface area contributed by atoms with E-state index in [2.05, 4.69) is 15.7 Å². The third-order valence-electron chi connectivity index (χ3n) is 3.96. The second-order valence-electron chi connectivity index (χ2n) is 5.88. The third-order valence-corrected chi connectivity index (χ3v) is 3.96. The number of carboxylic acids is 1. The van der Waals surface area contributed by atoms with E-state index in [1.54, 1.807) is 24.0 Å². The Morgan fingerprint density at radius 2 is 2.33 bits per heavy atom. The molecule has 1 fully saturated rings. The van der Waals surface area contributed by atoms with Gasteiger partial charge in [-0.3, -0.25) is 4.68 Å². The van der Waals surface area contributed by atoms with E-state index < -0.39 is 17.5 Å². The number of carboxylic acid groups (broad SMARTS) is 1. The summed E-state index contributed by atoms with van der Waals surface area (Å²) < 4.78 is 1.65. The molecule has 1 aliphatic carbocycles. The van der Waals surface area contributed by atoms with E-state index in [1.807, 2.05) is 6.92 Å². The molecule has 0 aliphatic heterocycles. The van der Waals surface area contributed by atoms with Gasteiger partial charge in [0.1, 0.15) is 5.54 Å². The summed E-state index contributed by atoms with van der Waals surface area (Å²) in [7, 11) is 1.80. The van der Waals surface area contributed by atoms with E-state index in [1.165, 1.54) is 0 Å². The zero-order valence-electron chi connectivity index (χ0n) is 12.4. The van der Waals surface area contributed by atoms with Crippen LogP contribution >= 0.6 is 0 Å². The Kier molecular flexibility index (Phi) is 4.50. The van der Waals surface area contributed by atoms with Crippen molar-refractivity contribution in [2.24, 2.45) is 13.0 Å². The monoisotopic (exact) mass is 294 g/mol. The Labute approximate surface area is 123 Å². The summed E-state index contributed by atoms with van der Waals surface area (Å²) in [5, 5.41) is 19.0. The number of nitrogens with zero attached hydrogens (tertiary/aromatic N) is 2. The van der Waals surface area contributed by atoms with Crippen molar-refractivity contribution in [3.63, 3.8) is 0 Å². The highest BCUT2D eigenvalue weighted by atomic mass is 16.4. The molecule has 0 saturated heterocycles. The summed E-state index contributed by atoms with van der Waals surface area (Å²) in [5.41, 5.74) is -0.416. The van der Waals surface area contributed by atoms with Crippen LogP contribution in [-0.2, 0) is 18.4 Å². The Bertz CT molecular complexity index is 528. The van der Waals surface area contributed by atoms with E-state index in [0.717, 1.165) is 18.5 Å². The molecule has 2 rings (SSSR count). The summed E-state index contributed by atoms with van der Waals surface area (Å²) in [5.74, 6) is -0.659. The second-order valence-corrected chi connectivity index (χ2v) is 5.88. The minimum atomic E-state index is -1.15. The number of rotatable bonds is 4. The van der Waals surface area contributed by atoms with Gasteiger partial charge in [0.2, 0.25) is 0 Å². The molecular weight excluding hydrogens is 272 g/mol. The average Bonchev–Trinajstić information content (AvgIpc) is 2.82. The lowest BCUT2D eigenvalue weighted by atomic mass is 9.76. The lowest BCUT2D eigenvalue weighted by Gasteiger charge is -2.36. The zero-order chi connectivity index (χ0) is 15.5. The van der Waals surface area contributed by atoms with Crippen molar-refractivity contribution in [2.45, 2.75) is 44.7 Å². The predicted octanol–water partition coefficient (Wildman–Crippen LogP) is 1.25. The first kappa shape index (κ1) is 15.3. The second kappa shape index (κ2) is 6.15. The molecular formula is C14H22N4O3. The molecule has 2 atom stereocenters. The van der Waals surface area contributed by atoms with Crippen LogP contribution in [0.15, 0.2) is 12.3 Å². The molecule has 0 spiro atoms. The third kappa shape index (κ3) is 3.74. The molecule has 2 unspecified atom stereocenters. The van der Waals surface area contributed by atoms with E-state index in [4.69, 9.17) is 0 Å². The first-order chi connectivity index (χ1) is 9.91. The van der Waals surface area contributed by atoms with Crippen molar-refractivity contribution in [1.82, 2.24) is 20.4 Å². The number of hydrogen-bond acceptors (Lipinski definition) is 3. The maximum atomic E-state index is 12.0. The minimum absolute atomic E-state index is 0.276. The largest absolute Gasteiger partial charge is 0.480 e. The lowest BCUT2D eigenvalue weighted by molar-refractivity contribution is -0.146. The predicted molar refractivity (Wildman–Crippen MR) is 76.6 cm³/mol. The molecule has 116 valence electrons. The van der Waals surface area contributed by atoms with Crippen LogP contribution in [0.4, 0.5) is 4.79 Å². The molecule has 7 nitrogen and oxygen atoms in total. The normalized spacial score (nSPS) is 25.3. The Morgan fingerprint density at radius 1 is 1.57 bits per heavy atom. The molecule has 2 amide bonds. The molecule has 1 aliphatic rings. The van der Waals surface area contributed by atoms with Crippen molar-refractivity contribution in [2.75, 3.05) is 0 Å². The van der Waals surface area contributed by atoms with Crippen LogP contribution in [-0.4, -0.2) is 32.4 Å². The van der Waals surface area contributed by atoms with Crippen LogP contribution in [0.1, 0.15) is 38.3 Å². The number of carbonyl (C=O) groups excluding carboxylic acids is 1. The van der Waals surface area contributed by atoms with Crippen LogP contribution in [0.5, 0.6) is 0 Å².